The third-order valence-corrected chi connectivity index (χ3v) is 4.17. The summed E-state index contributed by atoms with van der Waals surface area (Å²) in [7, 11) is -2.73. The minimum Gasteiger partial charge on any atom is -0.497 e. The van der Waals surface area contributed by atoms with Gasteiger partial charge in [0, 0.05) is 0 Å². The summed E-state index contributed by atoms with van der Waals surface area (Å²) < 4.78 is 34.3. The lowest BCUT2D eigenvalue weighted by molar-refractivity contribution is 0.0694. The highest BCUT2D eigenvalue weighted by molar-refractivity contribution is 7.87. The van der Waals surface area contributed by atoms with Crippen molar-refractivity contribution in [2.24, 2.45) is 0 Å². The second-order valence-electron chi connectivity index (χ2n) is 4.52. The molecule has 7 heteroatoms. The standard InChI is InChI=1S/C15H14O6S/c1-10-3-6-12(7-4-10)22(18,19)21-14-8-5-11(20-2)9-13(14)15(16)17/h3-9H,1-2H3,(H,16,17). The van der Waals surface area contributed by atoms with Gasteiger partial charge in [-0.05, 0) is 37.3 Å². The van der Waals surface area contributed by atoms with Gasteiger partial charge in [0.15, 0.2) is 5.75 Å². The van der Waals surface area contributed by atoms with E-state index in [0.717, 1.165) is 5.56 Å². The van der Waals surface area contributed by atoms with Crippen LogP contribution in [0.25, 0.3) is 0 Å². The maximum Gasteiger partial charge on any atom is 0.339 e. The van der Waals surface area contributed by atoms with Crippen molar-refractivity contribution in [3.8, 4) is 11.5 Å². The van der Waals surface area contributed by atoms with Crippen LogP contribution in [0.1, 0.15) is 15.9 Å². The molecule has 1 N–H and O–H groups in total. The van der Waals surface area contributed by atoms with Crippen molar-refractivity contribution in [3.05, 3.63) is 53.6 Å². The summed E-state index contributed by atoms with van der Waals surface area (Å²) in [5, 5.41) is 9.16. The van der Waals surface area contributed by atoms with E-state index in [-0.39, 0.29) is 22.0 Å². The zero-order valence-electron chi connectivity index (χ0n) is 11.9. The predicted molar refractivity (Wildman–Crippen MR) is 78.9 cm³/mol. The maximum absolute atomic E-state index is 12.2. The van der Waals surface area contributed by atoms with Crippen LogP contribution in [0.4, 0.5) is 0 Å². The number of carboxylic acid groups (broad SMARTS) is 1. The molecule has 0 amide bonds. The number of carboxylic acids is 1. The van der Waals surface area contributed by atoms with Gasteiger partial charge in [0.25, 0.3) is 0 Å². The van der Waals surface area contributed by atoms with Crippen molar-refractivity contribution < 1.29 is 27.2 Å². The minimum absolute atomic E-state index is 0.0507. The number of benzene rings is 2. The first-order valence-electron chi connectivity index (χ1n) is 6.26. The van der Waals surface area contributed by atoms with Crippen molar-refractivity contribution in [2.75, 3.05) is 7.11 Å². The van der Waals surface area contributed by atoms with Gasteiger partial charge in [-0.1, -0.05) is 17.7 Å². The van der Waals surface area contributed by atoms with E-state index in [0.29, 0.717) is 0 Å². The van der Waals surface area contributed by atoms with Gasteiger partial charge in [-0.3, -0.25) is 0 Å². The molecule has 2 rings (SSSR count). The van der Waals surface area contributed by atoms with Gasteiger partial charge in [-0.25, -0.2) is 4.79 Å². The molecule has 0 spiro atoms. The Hall–Kier alpha value is -2.54. The smallest absolute Gasteiger partial charge is 0.339 e. The van der Waals surface area contributed by atoms with Crippen LogP contribution in [0.5, 0.6) is 11.5 Å². The second kappa shape index (κ2) is 6.07. The van der Waals surface area contributed by atoms with Gasteiger partial charge in [-0.15, -0.1) is 0 Å². The average Bonchev–Trinajstić information content (AvgIpc) is 2.47. The van der Waals surface area contributed by atoms with Gasteiger partial charge < -0.3 is 14.0 Å². The largest absolute Gasteiger partial charge is 0.497 e. The second-order valence-corrected chi connectivity index (χ2v) is 6.06. The summed E-state index contributed by atoms with van der Waals surface area (Å²) in [5.41, 5.74) is 0.602. The molecule has 0 heterocycles. The highest BCUT2D eigenvalue weighted by Gasteiger charge is 2.21. The highest BCUT2D eigenvalue weighted by Crippen LogP contribution is 2.27. The summed E-state index contributed by atoms with van der Waals surface area (Å²) >= 11 is 0. The van der Waals surface area contributed by atoms with Gasteiger partial charge >= 0.3 is 16.1 Å². The van der Waals surface area contributed by atoms with Gasteiger partial charge in [0.2, 0.25) is 0 Å². The van der Waals surface area contributed by atoms with Crippen LogP contribution in [-0.2, 0) is 10.1 Å². The van der Waals surface area contributed by atoms with Crippen molar-refractivity contribution in [1.29, 1.82) is 0 Å². The summed E-state index contributed by atoms with van der Waals surface area (Å²) in [6, 6.07) is 9.91. The first-order valence-corrected chi connectivity index (χ1v) is 7.67. The molecular formula is C15H14O6S. The fraction of sp³-hybridized carbons (Fsp3) is 0.133. The van der Waals surface area contributed by atoms with E-state index in [1.807, 2.05) is 6.92 Å². The molecule has 0 bridgehead atoms. The third-order valence-electron chi connectivity index (χ3n) is 2.93. The Morgan fingerprint density at radius 3 is 2.27 bits per heavy atom. The minimum atomic E-state index is -4.11. The molecule has 2 aromatic carbocycles. The topological polar surface area (TPSA) is 89.9 Å². The molecule has 22 heavy (non-hydrogen) atoms. The van der Waals surface area contributed by atoms with E-state index in [2.05, 4.69) is 0 Å². The molecule has 0 aliphatic rings. The monoisotopic (exact) mass is 322 g/mol. The normalized spacial score (nSPS) is 11.0. The maximum atomic E-state index is 12.2. The van der Waals surface area contributed by atoms with Crippen LogP contribution in [0, 0.1) is 6.92 Å². The van der Waals surface area contributed by atoms with Crippen LogP contribution >= 0.6 is 0 Å². The van der Waals surface area contributed by atoms with E-state index in [9.17, 15) is 13.2 Å². The molecule has 0 saturated heterocycles. The summed E-state index contributed by atoms with van der Waals surface area (Å²) in [4.78, 5) is 11.2. The summed E-state index contributed by atoms with van der Waals surface area (Å²) in [6.45, 7) is 1.82. The molecule has 0 atom stereocenters. The molecule has 0 unspecified atom stereocenters. The van der Waals surface area contributed by atoms with Gasteiger partial charge in [-0.2, -0.15) is 8.42 Å². The number of carbonyl (C=O) groups is 1. The van der Waals surface area contributed by atoms with E-state index >= 15 is 0 Å². The molecule has 0 aromatic heterocycles. The lowest BCUT2D eigenvalue weighted by atomic mass is 10.2. The zero-order chi connectivity index (χ0) is 16.3. The zero-order valence-corrected chi connectivity index (χ0v) is 12.8. The van der Waals surface area contributed by atoms with Crippen LogP contribution in [0.2, 0.25) is 0 Å². The Balaban J connectivity index is 2.41. The van der Waals surface area contributed by atoms with Crippen LogP contribution in [0.15, 0.2) is 47.4 Å². The van der Waals surface area contributed by atoms with Crippen LogP contribution in [0.3, 0.4) is 0 Å². The van der Waals surface area contributed by atoms with Gasteiger partial charge in [0.1, 0.15) is 16.2 Å². The van der Waals surface area contributed by atoms with E-state index in [4.69, 9.17) is 14.0 Å². The number of aromatic carboxylic acids is 1. The third kappa shape index (κ3) is 3.37. The van der Waals surface area contributed by atoms with E-state index in [1.165, 1.54) is 37.4 Å². The lowest BCUT2D eigenvalue weighted by Crippen LogP contribution is -2.12. The summed E-state index contributed by atoms with van der Waals surface area (Å²) in [5.74, 6) is -1.29. The number of ether oxygens (including phenoxy) is 1. The SMILES string of the molecule is COc1ccc(OS(=O)(=O)c2ccc(C)cc2)c(C(=O)O)c1. The fourth-order valence-electron chi connectivity index (χ4n) is 1.75. The number of aryl methyl sites for hydroxylation is 1. The van der Waals surface area contributed by atoms with Crippen molar-refractivity contribution >= 4 is 16.1 Å². The summed E-state index contributed by atoms with van der Waals surface area (Å²) in [6.07, 6.45) is 0. The molecule has 2 aromatic rings. The Morgan fingerprint density at radius 1 is 1.09 bits per heavy atom. The molecule has 0 radical (unpaired) electrons. The fourth-order valence-corrected chi connectivity index (χ4v) is 2.69. The Bertz CT molecular complexity index is 793. The first kappa shape index (κ1) is 15.8. The molecule has 116 valence electrons. The molecule has 0 saturated carbocycles. The quantitative estimate of drug-likeness (QED) is 0.851. The van der Waals surface area contributed by atoms with Gasteiger partial charge in [0.05, 0.1) is 7.11 Å². The Labute approximate surface area is 128 Å². The Kier molecular flexibility index (Phi) is 4.37. The average molecular weight is 322 g/mol. The molecule has 0 aliphatic heterocycles. The first-order chi connectivity index (χ1) is 10.3. The van der Waals surface area contributed by atoms with E-state index in [1.54, 1.807) is 12.1 Å². The number of methoxy groups -OCH3 is 1. The lowest BCUT2D eigenvalue weighted by Gasteiger charge is -2.10. The number of hydrogen-bond acceptors (Lipinski definition) is 5. The molecular weight excluding hydrogens is 308 g/mol. The highest BCUT2D eigenvalue weighted by atomic mass is 32.2. The van der Waals surface area contributed by atoms with Crippen LogP contribution in [-0.4, -0.2) is 26.6 Å². The molecule has 0 aliphatic carbocycles. The van der Waals surface area contributed by atoms with Crippen molar-refractivity contribution in [2.45, 2.75) is 11.8 Å². The van der Waals surface area contributed by atoms with Crippen molar-refractivity contribution in [1.82, 2.24) is 0 Å². The van der Waals surface area contributed by atoms with E-state index < -0.39 is 16.1 Å². The predicted octanol–water partition coefficient (Wildman–Crippen LogP) is 2.47. The number of rotatable bonds is 5. The Morgan fingerprint density at radius 2 is 1.73 bits per heavy atom. The van der Waals surface area contributed by atoms with Crippen LogP contribution < -0.4 is 8.92 Å². The molecule has 6 nitrogen and oxygen atoms in total. The van der Waals surface area contributed by atoms with Crippen molar-refractivity contribution in [3.63, 3.8) is 0 Å². The number of hydrogen-bond donors (Lipinski definition) is 1. The molecule has 0 fully saturated rings.